The van der Waals surface area contributed by atoms with Crippen molar-refractivity contribution >= 4 is 29.0 Å². The van der Waals surface area contributed by atoms with Gasteiger partial charge in [-0.05, 0) is 55.0 Å². The molecule has 20 heavy (non-hydrogen) atoms. The molecule has 1 amide bonds. The Balaban J connectivity index is 2.26. The largest absolute Gasteiger partial charge is 0.326 e. The lowest BCUT2D eigenvalue weighted by Crippen LogP contribution is -2.06. The molecule has 0 aliphatic rings. The molecule has 0 heterocycles. The summed E-state index contributed by atoms with van der Waals surface area (Å²) in [5.74, 6) is -0.237. The molecular formula is C16H14ClNO2. The summed E-state index contributed by atoms with van der Waals surface area (Å²) in [4.78, 5) is 23.3. The number of halogens is 1. The molecule has 0 aromatic heterocycles. The van der Waals surface area contributed by atoms with E-state index in [4.69, 9.17) is 11.6 Å². The predicted molar refractivity (Wildman–Crippen MR) is 80.4 cm³/mol. The molecule has 0 aliphatic carbocycles. The minimum absolute atomic E-state index is 0.0926. The van der Waals surface area contributed by atoms with Gasteiger partial charge in [-0.2, -0.15) is 0 Å². The number of amides is 1. The summed E-state index contributed by atoms with van der Waals surface area (Å²) in [6.07, 6.45) is 0. The molecule has 102 valence electrons. The Morgan fingerprint density at radius 1 is 1.00 bits per heavy atom. The van der Waals surface area contributed by atoms with Gasteiger partial charge < -0.3 is 5.32 Å². The molecule has 0 aliphatic heterocycles. The highest BCUT2D eigenvalue weighted by Crippen LogP contribution is 2.19. The van der Waals surface area contributed by atoms with Crippen molar-refractivity contribution < 1.29 is 9.59 Å². The fourth-order valence-electron chi connectivity index (χ4n) is 1.94. The number of hydrogen-bond acceptors (Lipinski definition) is 2. The van der Waals surface area contributed by atoms with Crippen molar-refractivity contribution in [1.82, 2.24) is 0 Å². The predicted octanol–water partition coefficient (Wildman–Crippen LogP) is 3.84. The van der Waals surface area contributed by atoms with E-state index in [9.17, 15) is 9.59 Å². The number of carbonyl (C=O) groups excluding carboxylic acids is 2. The van der Waals surface area contributed by atoms with Gasteiger partial charge in [0.05, 0.1) is 0 Å². The molecule has 0 radical (unpaired) electrons. The van der Waals surface area contributed by atoms with Gasteiger partial charge in [0.15, 0.2) is 5.78 Å². The van der Waals surface area contributed by atoms with Gasteiger partial charge >= 0.3 is 0 Å². The molecule has 0 saturated carbocycles. The third-order valence-electron chi connectivity index (χ3n) is 2.77. The number of hydrogen-bond donors (Lipinski definition) is 1. The maximum absolute atomic E-state index is 12.3. The van der Waals surface area contributed by atoms with Crippen LogP contribution in [0, 0.1) is 6.92 Å². The van der Waals surface area contributed by atoms with Crippen LogP contribution in [0.15, 0.2) is 42.5 Å². The number of rotatable bonds is 3. The maximum atomic E-state index is 12.3. The highest BCUT2D eigenvalue weighted by molar-refractivity contribution is 6.31. The van der Waals surface area contributed by atoms with Gasteiger partial charge in [-0.15, -0.1) is 0 Å². The molecule has 0 fully saturated rings. The van der Waals surface area contributed by atoms with Gasteiger partial charge in [0.1, 0.15) is 0 Å². The lowest BCUT2D eigenvalue weighted by Gasteiger charge is -2.06. The highest BCUT2D eigenvalue weighted by atomic mass is 35.5. The summed E-state index contributed by atoms with van der Waals surface area (Å²) in [6, 6.07) is 12.0. The molecule has 2 aromatic carbocycles. The Morgan fingerprint density at radius 3 is 2.20 bits per heavy atom. The minimum atomic E-state index is -0.144. The SMILES string of the molecule is CC(=O)Nc1ccc(C(=O)c2cc(C)cc(Cl)c2)cc1. The first-order chi connectivity index (χ1) is 9.45. The van der Waals surface area contributed by atoms with Crippen molar-refractivity contribution in [3.05, 3.63) is 64.2 Å². The number of aryl methyl sites for hydroxylation is 1. The molecular weight excluding hydrogens is 274 g/mol. The fraction of sp³-hybridized carbons (Fsp3) is 0.125. The second kappa shape index (κ2) is 5.88. The summed E-state index contributed by atoms with van der Waals surface area (Å²) in [7, 11) is 0. The minimum Gasteiger partial charge on any atom is -0.326 e. The molecule has 1 N–H and O–H groups in total. The number of anilines is 1. The molecule has 0 bridgehead atoms. The standard InChI is InChI=1S/C16H14ClNO2/c1-10-7-13(9-14(17)8-10)16(20)12-3-5-15(6-4-12)18-11(2)19/h3-9H,1-2H3,(H,18,19). The van der Waals surface area contributed by atoms with Crippen LogP contribution in [0.25, 0.3) is 0 Å². The molecule has 0 saturated heterocycles. The van der Waals surface area contributed by atoms with Crippen LogP contribution in [0.4, 0.5) is 5.69 Å². The molecule has 2 rings (SSSR count). The fourth-order valence-corrected chi connectivity index (χ4v) is 2.23. The first-order valence-electron chi connectivity index (χ1n) is 6.15. The van der Waals surface area contributed by atoms with Crippen LogP contribution in [0.5, 0.6) is 0 Å². The third-order valence-corrected chi connectivity index (χ3v) is 2.99. The molecule has 0 unspecified atom stereocenters. The Morgan fingerprint density at radius 2 is 1.65 bits per heavy atom. The van der Waals surface area contributed by atoms with Crippen LogP contribution in [0.3, 0.4) is 0 Å². The summed E-state index contributed by atoms with van der Waals surface area (Å²) in [6.45, 7) is 3.33. The Bertz CT molecular complexity index is 642. The lowest BCUT2D eigenvalue weighted by molar-refractivity contribution is -0.114. The molecule has 4 heteroatoms. The topological polar surface area (TPSA) is 46.2 Å². The van der Waals surface area contributed by atoms with Crippen molar-refractivity contribution in [2.45, 2.75) is 13.8 Å². The van der Waals surface area contributed by atoms with Crippen LogP contribution in [0.2, 0.25) is 5.02 Å². The highest BCUT2D eigenvalue weighted by Gasteiger charge is 2.10. The number of nitrogens with one attached hydrogen (secondary N) is 1. The van der Waals surface area contributed by atoms with E-state index in [0.29, 0.717) is 21.8 Å². The van der Waals surface area contributed by atoms with Gasteiger partial charge in [0.25, 0.3) is 0 Å². The van der Waals surface area contributed by atoms with Crippen LogP contribution >= 0.6 is 11.6 Å². The van der Waals surface area contributed by atoms with E-state index in [0.717, 1.165) is 5.56 Å². The van der Waals surface area contributed by atoms with Crippen molar-refractivity contribution in [2.75, 3.05) is 5.32 Å². The molecule has 2 aromatic rings. The zero-order valence-corrected chi connectivity index (χ0v) is 12.0. The van der Waals surface area contributed by atoms with Crippen molar-refractivity contribution in [3.63, 3.8) is 0 Å². The normalized spacial score (nSPS) is 10.2. The van der Waals surface area contributed by atoms with E-state index >= 15 is 0 Å². The zero-order valence-electron chi connectivity index (χ0n) is 11.2. The molecule has 0 spiro atoms. The second-order valence-corrected chi connectivity index (χ2v) is 5.04. The van der Waals surface area contributed by atoms with Crippen LogP contribution in [0.1, 0.15) is 28.4 Å². The van der Waals surface area contributed by atoms with E-state index in [1.54, 1.807) is 42.5 Å². The van der Waals surface area contributed by atoms with Crippen LogP contribution in [-0.4, -0.2) is 11.7 Å². The zero-order chi connectivity index (χ0) is 14.7. The first kappa shape index (κ1) is 14.3. The van der Waals surface area contributed by atoms with Gasteiger partial charge in [-0.25, -0.2) is 0 Å². The third kappa shape index (κ3) is 3.45. The lowest BCUT2D eigenvalue weighted by atomic mass is 10.0. The molecule has 3 nitrogen and oxygen atoms in total. The number of benzene rings is 2. The van der Waals surface area contributed by atoms with E-state index in [2.05, 4.69) is 5.32 Å². The van der Waals surface area contributed by atoms with E-state index in [1.165, 1.54) is 6.92 Å². The van der Waals surface area contributed by atoms with Crippen molar-refractivity contribution in [3.8, 4) is 0 Å². The van der Waals surface area contributed by atoms with Gasteiger partial charge in [-0.1, -0.05) is 11.6 Å². The summed E-state index contributed by atoms with van der Waals surface area (Å²) >= 11 is 5.96. The summed E-state index contributed by atoms with van der Waals surface area (Å²) < 4.78 is 0. The van der Waals surface area contributed by atoms with Crippen molar-refractivity contribution in [1.29, 1.82) is 0 Å². The Labute approximate surface area is 122 Å². The number of ketones is 1. The van der Waals surface area contributed by atoms with Gasteiger partial charge in [0.2, 0.25) is 5.91 Å². The van der Waals surface area contributed by atoms with Gasteiger partial charge in [0, 0.05) is 28.8 Å². The van der Waals surface area contributed by atoms with E-state index < -0.39 is 0 Å². The first-order valence-corrected chi connectivity index (χ1v) is 6.53. The second-order valence-electron chi connectivity index (χ2n) is 4.60. The van der Waals surface area contributed by atoms with E-state index in [-0.39, 0.29) is 11.7 Å². The quantitative estimate of drug-likeness (QED) is 0.872. The average Bonchev–Trinajstić information content (AvgIpc) is 2.37. The maximum Gasteiger partial charge on any atom is 0.221 e. The summed E-state index contributed by atoms with van der Waals surface area (Å²) in [5.41, 5.74) is 2.72. The Kier molecular flexibility index (Phi) is 4.20. The number of carbonyl (C=O) groups is 2. The van der Waals surface area contributed by atoms with Crippen LogP contribution in [-0.2, 0) is 4.79 Å². The van der Waals surface area contributed by atoms with Crippen molar-refractivity contribution in [2.24, 2.45) is 0 Å². The van der Waals surface area contributed by atoms with Crippen LogP contribution < -0.4 is 5.32 Å². The Hall–Kier alpha value is -2.13. The van der Waals surface area contributed by atoms with E-state index in [1.807, 2.05) is 6.92 Å². The monoisotopic (exact) mass is 287 g/mol. The molecule has 0 atom stereocenters. The van der Waals surface area contributed by atoms with Gasteiger partial charge in [-0.3, -0.25) is 9.59 Å². The summed E-state index contributed by atoms with van der Waals surface area (Å²) in [5, 5.41) is 3.20. The average molecular weight is 288 g/mol. The smallest absolute Gasteiger partial charge is 0.221 e.